The van der Waals surface area contributed by atoms with Crippen LogP contribution in [0.4, 0.5) is 0 Å². The van der Waals surface area contributed by atoms with E-state index in [1.54, 1.807) is 13.1 Å². The summed E-state index contributed by atoms with van der Waals surface area (Å²) in [5.41, 5.74) is 1.21. The number of carbonyl (C=O) groups excluding carboxylic acids is 1. The first-order chi connectivity index (χ1) is 10.2. The van der Waals surface area contributed by atoms with E-state index in [4.69, 9.17) is 0 Å². The van der Waals surface area contributed by atoms with Gasteiger partial charge in [-0.15, -0.1) is 11.3 Å². The molecule has 3 aromatic rings. The highest BCUT2D eigenvalue weighted by atomic mass is 32.1. The minimum absolute atomic E-state index is 0.222. The van der Waals surface area contributed by atoms with Crippen molar-refractivity contribution in [3.8, 4) is 0 Å². The fourth-order valence-corrected chi connectivity index (χ4v) is 3.12. The average Bonchev–Trinajstić information content (AvgIpc) is 2.84. The van der Waals surface area contributed by atoms with Gasteiger partial charge in [0, 0.05) is 6.20 Å². The van der Waals surface area contributed by atoms with Gasteiger partial charge in [0.2, 0.25) is 0 Å². The van der Waals surface area contributed by atoms with Crippen LogP contribution in [-0.4, -0.2) is 20.9 Å². The molecule has 0 fully saturated rings. The van der Waals surface area contributed by atoms with Gasteiger partial charge in [0.1, 0.15) is 4.83 Å². The molecule has 0 aromatic carbocycles. The summed E-state index contributed by atoms with van der Waals surface area (Å²) in [4.78, 5) is 35.9. The van der Waals surface area contributed by atoms with E-state index >= 15 is 0 Å². The van der Waals surface area contributed by atoms with Crippen molar-refractivity contribution in [2.75, 3.05) is 0 Å². The molecular formula is C14H12N4O2S. The Morgan fingerprint density at radius 1 is 1.38 bits per heavy atom. The molecule has 0 unspecified atom stereocenters. The Morgan fingerprint density at radius 3 is 2.95 bits per heavy atom. The second-order valence-electron chi connectivity index (χ2n) is 4.47. The zero-order chi connectivity index (χ0) is 14.8. The molecule has 1 amide bonds. The molecule has 3 heterocycles. The van der Waals surface area contributed by atoms with Crippen LogP contribution in [0.2, 0.25) is 0 Å². The number of rotatable bonds is 3. The van der Waals surface area contributed by atoms with Crippen LogP contribution in [0.3, 0.4) is 0 Å². The van der Waals surface area contributed by atoms with Crippen molar-refractivity contribution in [2.24, 2.45) is 0 Å². The third kappa shape index (κ3) is 2.55. The zero-order valence-corrected chi connectivity index (χ0v) is 12.0. The molecule has 0 aliphatic heterocycles. The number of hydrogen-bond donors (Lipinski definition) is 2. The Labute approximate surface area is 123 Å². The molecular weight excluding hydrogens is 288 g/mol. The van der Waals surface area contributed by atoms with Crippen molar-refractivity contribution in [2.45, 2.75) is 13.5 Å². The number of nitrogens with one attached hydrogen (secondary N) is 2. The summed E-state index contributed by atoms with van der Waals surface area (Å²) in [6, 6.07) is 5.52. The summed E-state index contributed by atoms with van der Waals surface area (Å²) in [7, 11) is 0. The van der Waals surface area contributed by atoms with Gasteiger partial charge in [0.05, 0.1) is 28.8 Å². The smallest absolute Gasteiger partial charge is 0.262 e. The van der Waals surface area contributed by atoms with Crippen molar-refractivity contribution in [1.29, 1.82) is 0 Å². The lowest BCUT2D eigenvalue weighted by Gasteiger charge is -2.03. The molecule has 6 nitrogen and oxygen atoms in total. The molecule has 0 saturated heterocycles. The van der Waals surface area contributed by atoms with Crippen LogP contribution in [-0.2, 0) is 6.54 Å². The number of aromatic nitrogens is 3. The van der Waals surface area contributed by atoms with Crippen molar-refractivity contribution in [3.05, 3.63) is 57.2 Å². The Hall–Kier alpha value is -2.54. The van der Waals surface area contributed by atoms with E-state index in [9.17, 15) is 9.59 Å². The van der Waals surface area contributed by atoms with E-state index in [1.165, 1.54) is 17.7 Å². The highest BCUT2D eigenvalue weighted by Gasteiger charge is 2.17. The molecule has 3 rings (SSSR count). The minimum Gasteiger partial charge on any atom is -0.346 e. The molecule has 106 valence electrons. The topological polar surface area (TPSA) is 87.7 Å². The van der Waals surface area contributed by atoms with E-state index in [0.29, 0.717) is 27.2 Å². The third-order valence-electron chi connectivity index (χ3n) is 3.10. The van der Waals surface area contributed by atoms with Gasteiger partial charge in [0.15, 0.2) is 0 Å². The van der Waals surface area contributed by atoms with E-state index in [2.05, 4.69) is 20.3 Å². The zero-order valence-electron chi connectivity index (χ0n) is 11.2. The number of amides is 1. The second kappa shape index (κ2) is 5.45. The van der Waals surface area contributed by atoms with Gasteiger partial charge < -0.3 is 10.3 Å². The number of thiophene rings is 1. The van der Waals surface area contributed by atoms with Gasteiger partial charge in [-0.3, -0.25) is 14.6 Å². The number of pyridine rings is 1. The van der Waals surface area contributed by atoms with Gasteiger partial charge in [0.25, 0.3) is 11.5 Å². The molecule has 21 heavy (non-hydrogen) atoms. The average molecular weight is 300 g/mol. The molecule has 0 aliphatic carbocycles. The lowest BCUT2D eigenvalue weighted by molar-refractivity contribution is 0.0954. The molecule has 3 aromatic heterocycles. The maximum Gasteiger partial charge on any atom is 0.262 e. The van der Waals surface area contributed by atoms with Crippen LogP contribution in [0, 0.1) is 6.92 Å². The van der Waals surface area contributed by atoms with E-state index < -0.39 is 0 Å². The van der Waals surface area contributed by atoms with Crippen molar-refractivity contribution in [1.82, 2.24) is 20.3 Å². The first-order valence-electron chi connectivity index (χ1n) is 6.31. The lowest BCUT2D eigenvalue weighted by atomic mass is 10.2. The second-order valence-corrected chi connectivity index (χ2v) is 5.47. The first kappa shape index (κ1) is 13.4. The molecule has 0 bridgehead atoms. The van der Waals surface area contributed by atoms with Crippen LogP contribution >= 0.6 is 11.3 Å². The molecule has 7 heteroatoms. The maximum absolute atomic E-state index is 12.3. The number of aromatic amines is 1. The highest BCUT2D eigenvalue weighted by Crippen LogP contribution is 2.26. The number of fused-ring (bicyclic) bond motifs is 1. The number of H-pyrrole nitrogens is 1. The normalized spacial score (nSPS) is 10.7. The minimum atomic E-state index is -0.225. The summed E-state index contributed by atoms with van der Waals surface area (Å²) in [6.45, 7) is 2.10. The predicted molar refractivity (Wildman–Crippen MR) is 80.4 cm³/mol. The fraction of sp³-hybridized carbons (Fsp3) is 0.143. The molecule has 0 saturated carbocycles. The van der Waals surface area contributed by atoms with Crippen LogP contribution in [0.1, 0.15) is 20.9 Å². The summed E-state index contributed by atoms with van der Waals surface area (Å²) in [6.07, 6.45) is 3.02. The van der Waals surface area contributed by atoms with Crippen LogP contribution in [0.5, 0.6) is 0 Å². The van der Waals surface area contributed by atoms with Gasteiger partial charge in [-0.05, 0) is 24.6 Å². The summed E-state index contributed by atoms with van der Waals surface area (Å²) in [5, 5.41) is 3.28. The van der Waals surface area contributed by atoms with Gasteiger partial charge in [-0.25, -0.2) is 4.98 Å². The van der Waals surface area contributed by atoms with E-state index in [1.807, 2.05) is 18.2 Å². The highest BCUT2D eigenvalue weighted by molar-refractivity contribution is 7.20. The fourth-order valence-electron chi connectivity index (χ4n) is 2.05. The Morgan fingerprint density at radius 2 is 2.24 bits per heavy atom. The maximum atomic E-state index is 12.3. The Kier molecular flexibility index (Phi) is 3.49. The monoisotopic (exact) mass is 300 g/mol. The van der Waals surface area contributed by atoms with Crippen LogP contribution < -0.4 is 10.9 Å². The first-order valence-corrected chi connectivity index (χ1v) is 7.13. The summed E-state index contributed by atoms with van der Waals surface area (Å²) < 4.78 is 0. The third-order valence-corrected chi connectivity index (χ3v) is 4.29. The quantitative estimate of drug-likeness (QED) is 0.769. The Bertz CT molecular complexity index is 854. The van der Waals surface area contributed by atoms with Gasteiger partial charge in [-0.2, -0.15) is 0 Å². The molecule has 0 spiro atoms. The largest absolute Gasteiger partial charge is 0.346 e. The van der Waals surface area contributed by atoms with Crippen LogP contribution in [0.25, 0.3) is 10.2 Å². The van der Waals surface area contributed by atoms with Crippen LogP contribution in [0.15, 0.2) is 35.5 Å². The number of carbonyl (C=O) groups is 1. The van der Waals surface area contributed by atoms with Gasteiger partial charge >= 0.3 is 0 Å². The van der Waals surface area contributed by atoms with Crippen molar-refractivity contribution >= 4 is 27.5 Å². The summed E-state index contributed by atoms with van der Waals surface area (Å²) in [5.74, 6) is -0.222. The number of nitrogens with zero attached hydrogens (tertiary/aromatic N) is 2. The predicted octanol–water partition coefficient (Wildman–Crippen LogP) is 1.62. The van der Waals surface area contributed by atoms with E-state index in [-0.39, 0.29) is 11.5 Å². The molecule has 2 N–H and O–H groups in total. The van der Waals surface area contributed by atoms with Gasteiger partial charge in [-0.1, -0.05) is 6.07 Å². The number of hydrogen-bond acceptors (Lipinski definition) is 5. The molecule has 0 atom stereocenters. The standard InChI is InChI=1S/C14H12N4O2S/c1-8-10-12(19)17-7-18-14(10)21-11(8)13(20)16-6-9-4-2-3-5-15-9/h2-5,7H,6H2,1H3,(H,16,20)(H,17,18,19). The molecule has 0 radical (unpaired) electrons. The lowest BCUT2D eigenvalue weighted by Crippen LogP contribution is -2.23. The SMILES string of the molecule is Cc1c(C(=O)NCc2ccccn2)sc2nc[nH]c(=O)c12. The van der Waals surface area contributed by atoms with Crippen molar-refractivity contribution < 1.29 is 4.79 Å². The van der Waals surface area contributed by atoms with E-state index in [0.717, 1.165) is 5.69 Å². The Balaban J connectivity index is 1.87. The van der Waals surface area contributed by atoms with Crippen molar-refractivity contribution in [3.63, 3.8) is 0 Å². The summed E-state index contributed by atoms with van der Waals surface area (Å²) >= 11 is 1.22. The number of aryl methyl sites for hydroxylation is 1. The molecule has 0 aliphatic rings.